The van der Waals surface area contributed by atoms with Crippen molar-refractivity contribution in [2.45, 2.75) is 37.5 Å². The Morgan fingerprint density at radius 3 is 2.52 bits per heavy atom. The number of ether oxygens (including phenoxy) is 1. The molecule has 0 spiro atoms. The summed E-state index contributed by atoms with van der Waals surface area (Å²) < 4.78 is 31.8. The monoisotopic (exact) mass is 366 g/mol. The summed E-state index contributed by atoms with van der Waals surface area (Å²) in [5, 5.41) is 3.55. The average molecular weight is 366 g/mol. The van der Waals surface area contributed by atoms with Crippen LogP contribution in [0.3, 0.4) is 0 Å². The maximum atomic E-state index is 12.8. The molecule has 1 aromatic carbocycles. The third kappa shape index (κ3) is 4.80. The van der Waals surface area contributed by atoms with E-state index < -0.39 is 16.0 Å². The van der Waals surface area contributed by atoms with Crippen molar-refractivity contribution in [1.82, 2.24) is 9.62 Å². The normalized spacial score (nSPS) is 19.7. The number of nitrogens with one attached hydrogen (secondary N) is 1. The van der Waals surface area contributed by atoms with Crippen LogP contribution in [0.15, 0.2) is 24.3 Å². The van der Waals surface area contributed by atoms with Gasteiger partial charge in [0.1, 0.15) is 0 Å². The van der Waals surface area contributed by atoms with Crippen LogP contribution in [0.5, 0.6) is 0 Å². The molecular formula is C18H26N2O4S. The Balaban J connectivity index is 1.60. The van der Waals surface area contributed by atoms with E-state index in [4.69, 9.17) is 4.74 Å². The van der Waals surface area contributed by atoms with Gasteiger partial charge in [0.05, 0.1) is 18.4 Å². The van der Waals surface area contributed by atoms with Crippen LogP contribution in [-0.2, 0) is 20.5 Å². The summed E-state index contributed by atoms with van der Waals surface area (Å²) in [6.07, 6.45) is 4.31. The fourth-order valence-electron chi connectivity index (χ4n) is 3.24. The maximum absolute atomic E-state index is 12.8. The molecule has 3 rings (SSSR count). The molecule has 0 amide bonds. The number of benzene rings is 1. The van der Waals surface area contributed by atoms with Crippen molar-refractivity contribution in [3.63, 3.8) is 0 Å². The van der Waals surface area contributed by atoms with Gasteiger partial charge < -0.3 is 10.1 Å². The summed E-state index contributed by atoms with van der Waals surface area (Å²) >= 11 is 0. The number of sulfonamides is 1. The topological polar surface area (TPSA) is 75.7 Å². The zero-order chi connectivity index (χ0) is 17.9. The van der Waals surface area contributed by atoms with E-state index in [0.29, 0.717) is 30.3 Å². The minimum absolute atomic E-state index is 0.168. The molecule has 1 N–H and O–H groups in total. The lowest BCUT2D eigenvalue weighted by atomic mass is 10.1. The van der Waals surface area contributed by atoms with Gasteiger partial charge in [0.25, 0.3) is 0 Å². The molecule has 138 valence electrons. The zero-order valence-electron chi connectivity index (χ0n) is 14.6. The van der Waals surface area contributed by atoms with Crippen LogP contribution in [0, 0.1) is 5.92 Å². The Morgan fingerprint density at radius 2 is 1.88 bits per heavy atom. The van der Waals surface area contributed by atoms with E-state index in [1.54, 1.807) is 28.6 Å². The van der Waals surface area contributed by atoms with Crippen molar-refractivity contribution in [2.75, 3.05) is 26.7 Å². The lowest BCUT2D eigenvalue weighted by Gasteiger charge is -2.32. The predicted octanol–water partition coefficient (Wildman–Crippen LogP) is 1.77. The molecule has 0 bridgehead atoms. The lowest BCUT2D eigenvalue weighted by Crippen LogP contribution is -2.45. The Labute approximate surface area is 149 Å². The number of methoxy groups -OCH3 is 1. The van der Waals surface area contributed by atoms with Gasteiger partial charge in [-0.15, -0.1) is 0 Å². The highest BCUT2D eigenvalue weighted by molar-refractivity contribution is 7.88. The van der Waals surface area contributed by atoms with Gasteiger partial charge in [-0.05, 0) is 49.8 Å². The molecule has 25 heavy (non-hydrogen) atoms. The molecule has 1 saturated heterocycles. The summed E-state index contributed by atoms with van der Waals surface area (Å²) in [5.74, 6) is 0.156. The van der Waals surface area contributed by atoms with Gasteiger partial charge in [-0.3, -0.25) is 0 Å². The van der Waals surface area contributed by atoms with Crippen LogP contribution in [0.25, 0.3) is 0 Å². The number of carbonyl (C=O) groups excluding carboxylic acids is 1. The van der Waals surface area contributed by atoms with E-state index in [0.717, 1.165) is 25.3 Å². The minimum atomic E-state index is -3.45. The van der Waals surface area contributed by atoms with Gasteiger partial charge >= 0.3 is 5.97 Å². The second-order valence-electron chi connectivity index (χ2n) is 6.93. The number of esters is 1. The van der Waals surface area contributed by atoms with Gasteiger partial charge in [0, 0.05) is 19.1 Å². The van der Waals surface area contributed by atoms with Gasteiger partial charge in [-0.1, -0.05) is 18.2 Å². The molecule has 1 aliphatic carbocycles. The lowest BCUT2D eigenvalue weighted by molar-refractivity contribution is 0.0600. The van der Waals surface area contributed by atoms with Crippen molar-refractivity contribution in [1.29, 1.82) is 0 Å². The number of nitrogens with zero attached hydrogens (tertiary/aromatic N) is 1. The summed E-state index contributed by atoms with van der Waals surface area (Å²) in [7, 11) is -2.15. The number of hydrogen-bond donors (Lipinski definition) is 1. The Morgan fingerprint density at radius 1 is 1.20 bits per heavy atom. The fourth-order valence-corrected chi connectivity index (χ4v) is 4.83. The van der Waals surface area contributed by atoms with Crippen molar-refractivity contribution in [2.24, 2.45) is 5.92 Å². The third-order valence-corrected chi connectivity index (χ3v) is 6.83. The number of carbonyl (C=O) groups is 1. The van der Waals surface area contributed by atoms with Crippen molar-refractivity contribution >= 4 is 16.0 Å². The zero-order valence-corrected chi connectivity index (χ0v) is 15.4. The molecule has 1 heterocycles. The molecule has 0 radical (unpaired) electrons. The molecule has 2 aliphatic rings. The Hall–Kier alpha value is -1.44. The first-order valence-corrected chi connectivity index (χ1v) is 10.5. The summed E-state index contributed by atoms with van der Waals surface area (Å²) in [6, 6.07) is 7.14. The second kappa shape index (κ2) is 7.85. The van der Waals surface area contributed by atoms with Crippen LogP contribution >= 0.6 is 0 Å². The van der Waals surface area contributed by atoms with Crippen LogP contribution in [0.2, 0.25) is 0 Å². The number of rotatable bonds is 7. The van der Waals surface area contributed by atoms with Crippen molar-refractivity contribution in [3.8, 4) is 0 Å². The highest BCUT2D eigenvalue weighted by Gasteiger charge is 2.30. The van der Waals surface area contributed by atoms with Gasteiger partial charge in [-0.25, -0.2) is 17.5 Å². The van der Waals surface area contributed by atoms with Crippen molar-refractivity contribution < 1.29 is 17.9 Å². The van der Waals surface area contributed by atoms with Gasteiger partial charge in [0.15, 0.2) is 0 Å². The first-order valence-electron chi connectivity index (χ1n) is 8.87. The van der Waals surface area contributed by atoms with Crippen LogP contribution < -0.4 is 5.32 Å². The predicted molar refractivity (Wildman–Crippen MR) is 95.7 cm³/mol. The summed E-state index contributed by atoms with van der Waals surface area (Å²) in [5.41, 5.74) is 0.804. The number of hydrogen-bond acceptors (Lipinski definition) is 5. The van der Waals surface area contributed by atoms with Crippen LogP contribution in [-0.4, -0.2) is 51.5 Å². The molecule has 0 aromatic heterocycles. The number of piperidine rings is 1. The molecule has 6 nitrogen and oxygen atoms in total. The quantitative estimate of drug-likeness (QED) is 0.745. The summed E-state index contributed by atoms with van der Waals surface area (Å²) in [6.45, 7) is 2.13. The largest absolute Gasteiger partial charge is 0.465 e. The highest BCUT2D eigenvalue weighted by Crippen LogP contribution is 2.28. The molecule has 2 fully saturated rings. The third-order valence-electron chi connectivity index (χ3n) is 5.00. The fraction of sp³-hybridized carbons (Fsp3) is 0.611. The summed E-state index contributed by atoms with van der Waals surface area (Å²) in [4.78, 5) is 11.8. The van der Waals surface area contributed by atoms with E-state index in [1.165, 1.54) is 20.0 Å². The SMILES string of the molecule is COC(=O)c1ccccc1CS(=O)(=O)N1CCC(NCC2CC2)CC1. The smallest absolute Gasteiger partial charge is 0.338 e. The Bertz CT molecular complexity index is 708. The van der Waals surface area contributed by atoms with Crippen LogP contribution in [0.1, 0.15) is 41.6 Å². The van der Waals surface area contributed by atoms with E-state index in [-0.39, 0.29) is 5.75 Å². The molecule has 1 aromatic rings. The van der Waals surface area contributed by atoms with E-state index in [2.05, 4.69) is 5.32 Å². The average Bonchev–Trinajstić information content (AvgIpc) is 3.44. The van der Waals surface area contributed by atoms with Gasteiger partial charge in [-0.2, -0.15) is 0 Å². The Kier molecular flexibility index (Phi) is 5.76. The molecule has 1 saturated carbocycles. The molecule has 7 heteroatoms. The second-order valence-corrected chi connectivity index (χ2v) is 8.90. The minimum Gasteiger partial charge on any atom is -0.465 e. The van der Waals surface area contributed by atoms with Gasteiger partial charge in [0.2, 0.25) is 10.0 Å². The van der Waals surface area contributed by atoms with Crippen LogP contribution in [0.4, 0.5) is 0 Å². The maximum Gasteiger partial charge on any atom is 0.338 e. The van der Waals surface area contributed by atoms with E-state index in [1.807, 2.05) is 0 Å². The molecule has 1 aliphatic heterocycles. The van der Waals surface area contributed by atoms with E-state index >= 15 is 0 Å². The first kappa shape index (κ1) is 18.4. The van der Waals surface area contributed by atoms with Crippen molar-refractivity contribution in [3.05, 3.63) is 35.4 Å². The highest BCUT2D eigenvalue weighted by atomic mass is 32.2. The molecule has 0 atom stereocenters. The molecule has 0 unspecified atom stereocenters. The standard InChI is InChI=1S/C18H26N2O4S/c1-24-18(21)17-5-3-2-4-15(17)13-25(22,23)20-10-8-16(9-11-20)19-12-14-6-7-14/h2-5,14,16,19H,6-13H2,1H3. The molecular weight excluding hydrogens is 340 g/mol. The van der Waals surface area contributed by atoms with E-state index in [9.17, 15) is 13.2 Å². The first-order chi connectivity index (χ1) is 12.0.